The molecule has 4 amide bonds. The Morgan fingerprint density at radius 1 is 1.41 bits per heavy atom. The zero-order valence-corrected chi connectivity index (χ0v) is 10.8. The van der Waals surface area contributed by atoms with Crippen molar-refractivity contribution in [2.24, 2.45) is 5.41 Å². The number of amides is 4. The van der Waals surface area contributed by atoms with E-state index in [0.717, 1.165) is 5.75 Å². The summed E-state index contributed by atoms with van der Waals surface area (Å²) < 4.78 is 0. The van der Waals surface area contributed by atoms with E-state index in [-0.39, 0.29) is 11.9 Å². The Morgan fingerprint density at radius 2 is 2.06 bits per heavy atom. The maximum atomic E-state index is 12.2. The average molecular weight is 256 g/mol. The molecular weight excluding hydrogens is 240 g/mol. The van der Waals surface area contributed by atoms with Crippen LogP contribution in [0.1, 0.15) is 26.7 Å². The highest BCUT2D eigenvalue weighted by Crippen LogP contribution is 2.49. The molecule has 5 nitrogen and oxygen atoms in total. The molecule has 1 heterocycles. The molecule has 1 N–H and O–H groups in total. The summed E-state index contributed by atoms with van der Waals surface area (Å²) in [6.45, 7) is 3.87. The first-order chi connectivity index (χ1) is 8.03. The van der Waals surface area contributed by atoms with Crippen LogP contribution in [0.3, 0.4) is 0 Å². The first kappa shape index (κ1) is 12.4. The lowest BCUT2D eigenvalue weighted by Gasteiger charge is -2.34. The zero-order valence-electron chi connectivity index (χ0n) is 9.99. The number of carbonyl (C=O) groups excluding carboxylic acids is 3. The van der Waals surface area contributed by atoms with Gasteiger partial charge in [0.15, 0.2) is 0 Å². The summed E-state index contributed by atoms with van der Waals surface area (Å²) in [5, 5.41) is 2.29. The van der Waals surface area contributed by atoms with Gasteiger partial charge in [-0.25, -0.2) is 4.79 Å². The molecule has 6 heteroatoms. The van der Waals surface area contributed by atoms with Gasteiger partial charge in [-0.1, -0.05) is 6.92 Å². The van der Waals surface area contributed by atoms with Gasteiger partial charge in [0.05, 0.1) is 0 Å². The highest BCUT2D eigenvalue weighted by atomic mass is 32.2. The molecule has 0 bridgehead atoms. The maximum absolute atomic E-state index is 12.2. The predicted molar refractivity (Wildman–Crippen MR) is 64.5 cm³/mol. The fourth-order valence-corrected chi connectivity index (χ4v) is 2.75. The highest BCUT2D eigenvalue weighted by molar-refractivity contribution is 7.99. The third-order valence-electron chi connectivity index (χ3n) is 3.26. The van der Waals surface area contributed by atoms with Gasteiger partial charge in [-0.15, -0.1) is 0 Å². The SMILES string of the molecule is CCSCC(C)N1C(=O)NC(=O)C2(CC2)C1=O. The summed E-state index contributed by atoms with van der Waals surface area (Å²) >= 11 is 1.68. The van der Waals surface area contributed by atoms with Gasteiger partial charge in [0.25, 0.3) is 0 Å². The Morgan fingerprint density at radius 3 is 2.59 bits per heavy atom. The normalized spacial score (nSPS) is 23.9. The van der Waals surface area contributed by atoms with Crippen molar-refractivity contribution in [2.75, 3.05) is 11.5 Å². The lowest BCUT2D eigenvalue weighted by Crippen LogP contribution is -2.61. The second-order valence-electron chi connectivity index (χ2n) is 4.53. The number of nitrogens with one attached hydrogen (secondary N) is 1. The largest absolute Gasteiger partial charge is 0.331 e. The molecular formula is C11H16N2O3S. The van der Waals surface area contributed by atoms with Crippen molar-refractivity contribution in [1.29, 1.82) is 0 Å². The molecule has 0 radical (unpaired) electrons. The Bertz CT molecular complexity index is 379. The molecule has 0 aromatic carbocycles. The number of hydrogen-bond donors (Lipinski definition) is 1. The van der Waals surface area contributed by atoms with Crippen LogP contribution >= 0.6 is 11.8 Å². The summed E-state index contributed by atoms with van der Waals surface area (Å²) in [4.78, 5) is 36.7. The lowest BCUT2D eigenvalue weighted by atomic mass is 10.0. The van der Waals surface area contributed by atoms with E-state index in [1.165, 1.54) is 4.90 Å². The topological polar surface area (TPSA) is 66.5 Å². The Hall–Kier alpha value is -1.04. The Kier molecular flexibility index (Phi) is 3.16. The number of barbiturate groups is 1. The number of hydrogen-bond acceptors (Lipinski definition) is 4. The molecule has 0 aromatic heterocycles. The summed E-state index contributed by atoms with van der Waals surface area (Å²) in [6, 6.07) is -0.736. The number of imide groups is 2. The van der Waals surface area contributed by atoms with Crippen LogP contribution in [0.2, 0.25) is 0 Å². The average Bonchev–Trinajstić information content (AvgIpc) is 3.05. The summed E-state index contributed by atoms with van der Waals surface area (Å²) in [7, 11) is 0. The number of rotatable bonds is 4. The molecule has 1 saturated heterocycles. The van der Waals surface area contributed by atoms with E-state index in [1.807, 2.05) is 13.8 Å². The van der Waals surface area contributed by atoms with Crippen LogP contribution in [0.5, 0.6) is 0 Å². The van der Waals surface area contributed by atoms with Crippen molar-refractivity contribution in [3.05, 3.63) is 0 Å². The van der Waals surface area contributed by atoms with Crippen molar-refractivity contribution in [1.82, 2.24) is 10.2 Å². The second-order valence-corrected chi connectivity index (χ2v) is 5.84. The summed E-state index contributed by atoms with van der Waals surface area (Å²) in [6.07, 6.45) is 1.13. The van der Waals surface area contributed by atoms with Gasteiger partial charge in [0, 0.05) is 11.8 Å². The minimum atomic E-state index is -0.918. The molecule has 1 unspecified atom stereocenters. The van der Waals surface area contributed by atoms with E-state index in [2.05, 4.69) is 5.32 Å². The van der Waals surface area contributed by atoms with Crippen molar-refractivity contribution in [2.45, 2.75) is 32.7 Å². The third kappa shape index (κ3) is 1.94. The third-order valence-corrected chi connectivity index (χ3v) is 4.38. The number of nitrogens with zero attached hydrogens (tertiary/aromatic N) is 1. The first-order valence-electron chi connectivity index (χ1n) is 5.79. The summed E-state index contributed by atoms with van der Waals surface area (Å²) in [5.74, 6) is 0.924. The standard InChI is InChI=1S/C11H16N2O3S/c1-3-17-6-7(2)13-9(15)11(4-5-11)8(14)12-10(13)16/h7H,3-6H2,1-2H3,(H,12,14,16). The first-order valence-corrected chi connectivity index (χ1v) is 6.95. The van der Waals surface area contributed by atoms with Crippen LogP contribution < -0.4 is 5.32 Å². The van der Waals surface area contributed by atoms with E-state index in [4.69, 9.17) is 0 Å². The molecule has 2 rings (SSSR count). The van der Waals surface area contributed by atoms with Crippen LogP contribution in [-0.4, -0.2) is 40.3 Å². The molecule has 1 atom stereocenters. The molecule has 1 aliphatic carbocycles. The second kappa shape index (κ2) is 4.33. The fourth-order valence-electron chi connectivity index (χ4n) is 2.03. The van der Waals surface area contributed by atoms with Gasteiger partial charge in [0.2, 0.25) is 11.8 Å². The maximum Gasteiger partial charge on any atom is 0.331 e. The molecule has 17 heavy (non-hydrogen) atoms. The predicted octanol–water partition coefficient (Wildman–Crippen LogP) is 0.987. The quantitative estimate of drug-likeness (QED) is 0.762. The van der Waals surface area contributed by atoms with E-state index in [0.29, 0.717) is 18.6 Å². The Balaban J connectivity index is 2.13. The van der Waals surface area contributed by atoms with Gasteiger partial charge in [-0.2, -0.15) is 11.8 Å². The smallest absolute Gasteiger partial charge is 0.277 e. The number of carbonyl (C=O) groups is 3. The molecule has 1 saturated carbocycles. The van der Waals surface area contributed by atoms with Crippen LogP contribution in [-0.2, 0) is 9.59 Å². The van der Waals surface area contributed by atoms with Crippen LogP contribution in [0.4, 0.5) is 4.79 Å². The van der Waals surface area contributed by atoms with Crippen molar-refractivity contribution in [3.8, 4) is 0 Å². The van der Waals surface area contributed by atoms with E-state index in [9.17, 15) is 14.4 Å². The molecule has 1 aliphatic heterocycles. The van der Waals surface area contributed by atoms with Crippen LogP contribution in [0.15, 0.2) is 0 Å². The van der Waals surface area contributed by atoms with E-state index in [1.54, 1.807) is 11.8 Å². The van der Waals surface area contributed by atoms with Gasteiger partial charge in [-0.05, 0) is 25.5 Å². The van der Waals surface area contributed by atoms with Crippen molar-refractivity contribution in [3.63, 3.8) is 0 Å². The molecule has 1 spiro atoms. The van der Waals surface area contributed by atoms with E-state index >= 15 is 0 Å². The summed E-state index contributed by atoms with van der Waals surface area (Å²) in [5.41, 5.74) is -0.918. The lowest BCUT2D eigenvalue weighted by molar-refractivity contribution is -0.145. The number of thioether (sulfide) groups is 1. The molecule has 2 fully saturated rings. The minimum Gasteiger partial charge on any atom is -0.277 e. The van der Waals surface area contributed by atoms with Crippen molar-refractivity contribution >= 4 is 29.6 Å². The van der Waals surface area contributed by atoms with E-state index < -0.39 is 17.4 Å². The number of urea groups is 1. The minimum absolute atomic E-state index is 0.168. The van der Waals surface area contributed by atoms with Gasteiger partial charge < -0.3 is 0 Å². The van der Waals surface area contributed by atoms with Crippen molar-refractivity contribution < 1.29 is 14.4 Å². The van der Waals surface area contributed by atoms with Gasteiger partial charge in [-0.3, -0.25) is 19.8 Å². The molecule has 2 aliphatic rings. The van der Waals surface area contributed by atoms with Gasteiger partial charge >= 0.3 is 6.03 Å². The van der Waals surface area contributed by atoms with Crippen LogP contribution in [0, 0.1) is 5.41 Å². The van der Waals surface area contributed by atoms with Crippen LogP contribution in [0.25, 0.3) is 0 Å². The Labute approximate surface area is 104 Å². The zero-order chi connectivity index (χ0) is 12.6. The molecule has 94 valence electrons. The molecule has 0 aromatic rings. The highest BCUT2D eigenvalue weighted by Gasteiger charge is 2.62. The monoisotopic (exact) mass is 256 g/mol. The fraction of sp³-hybridized carbons (Fsp3) is 0.727. The van der Waals surface area contributed by atoms with Gasteiger partial charge in [0.1, 0.15) is 5.41 Å².